The second-order valence-corrected chi connectivity index (χ2v) is 4.72. The molecule has 0 spiro atoms. The summed E-state index contributed by atoms with van der Waals surface area (Å²) in [5, 5.41) is 0. The van der Waals surface area contributed by atoms with Crippen molar-refractivity contribution in [2.24, 2.45) is 17.6 Å². The smallest absolute Gasteiger partial charge is 0.252 e. The topological polar surface area (TPSA) is 80.5 Å². The normalized spacial score (nSPS) is 23.8. The molecule has 0 aliphatic heterocycles. The van der Waals surface area contributed by atoms with Gasteiger partial charge in [-0.3, -0.25) is 19.3 Å². The molecule has 0 bridgehead atoms. The van der Waals surface area contributed by atoms with Crippen molar-refractivity contribution in [3.8, 4) is 0 Å². The molecule has 0 atom stereocenters. The molecule has 1 rings (SSSR count). The van der Waals surface area contributed by atoms with E-state index in [1.54, 1.807) is 13.0 Å². The third-order valence-corrected chi connectivity index (χ3v) is 3.42. The van der Waals surface area contributed by atoms with Crippen LogP contribution in [0.5, 0.6) is 0 Å². The number of allylic oxidation sites excluding steroid dienone is 1. The molecular weight excluding hydrogens is 232 g/mol. The summed E-state index contributed by atoms with van der Waals surface area (Å²) in [5.41, 5.74) is 5.26. The Kier molecular flexibility index (Phi) is 5.55. The third-order valence-electron chi connectivity index (χ3n) is 3.42. The van der Waals surface area contributed by atoms with E-state index in [4.69, 9.17) is 5.73 Å². The molecule has 1 aliphatic carbocycles. The van der Waals surface area contributed by atoms with Gasteiger partial charge in [-0.2, -0.15) is 0 Å². The van der Waals surface area contributed by atoms with Crippen molar-refractivity contribution >= 4 is 18.2 Å². The van der Waals surface area contributed by atoms with Gasteiger partial charge >= 0.3 is 0 Å². The summed E-state index contributed by atoms with van der Waals surface area (Å²) in [7, 11) is 0. The molecule has 0 unspecified atom stereocenters. The van der Waals surface area contributed by atoms with E-state index in [1.165, 1.54) is 11.0 Å². The minimum atomic E-state index is -0.287. The number of primary amides is 1. The van der Waals surface area contributed by atoms with Gasteiger partial charge in [-0.25, -0.2) is 0 Å². The Bertz CT molecular complexity index is 344. The predicted molar refractivity (Wildman–Crippen MR) is 67.2 cm³/mol. The predicted octanol–water partition coefficient (Wildman–Crippen LogP) is 0.839. The number of hydrogen-bond donors (Lipinski definition) is 1. The zero-order valence-corrected chi connectivity index (χ0v) is 10.7. The first-order valence-electron chi connectivity index (χ1n) is 6.26. The Balaban J connectivity index is 2.46. The number of imide groups is 1. The van der Waals surface area contributed by atoms with Crippen molar-refractivity contribution in [2.45, 2.75) is 32.6 Å². The number of nitrogens with two attached hydrogens (primary N) is 1. The highest BCUT2D eigenvalue weighted by Crippen LogP contribution is 2.28. The summed E-state index contributed by atoms with van der Waals surface area (Å²) in [6, 6.07) is 0. The fourth-order valence-corrected chi connectivity index (χ4v) is 2.33. The van der Waals surface area contributed by atoms with Crippen LogP contribution in [0.4, 0.5) is 0 Å². The van der Waals surface area contributed by atoms with E-state index in [-0.39, 0.29) is 23.7 Å². The standard InChI is InChI=1S/C13H20N2O3/c1-2-3-12(17)15(9-16)8-10-4-6-11(7-5-10)13(14)18/h2-3,9-11H,4-8H2,1H3,(H2,14,18)/b3-2-. The first-order valence-corrected chi connectivity index (χ1v) is 6.26. The lowest BCUT2D eigenvalue weighted by Crippen LogP contribution is -2.36. The number of carbonyl (C=O) groups is 3. The van der Waals surface area contributed by atoms with Crippen molar-refractivity contribution in [2.75, 3.05) is 6.54 Å². The van der Waals surface area contributed by atoms with Gasteiger partial charge in [-0.05, 0) is 44.6 Å². The van der Waals surface area contributed by atoms with Gasteiger partial charge in [0.1, 0.15) is 0 Å². The van der Waals surface area contributed by atoms with E-state index in [0.717, 1.165) is 25.7 Å². The maximum Gasteiger partial charge on any atom is 0.252 e. The summed E-state index contributed by atoms with van der Waals surface area (Å²) in [5.74, 6) is -0.299. The van der Waals surface area contributed by atoms with Crippen LogP contribution in [-0.4, -0.2) is 29.7 Å². The lowest BCUT2D eigenvalue weighted by Gasteiger charge is -2.28. The molecule has 2 N–H and O–H groups in total. The molecule has 0 saturated heterocycles. The van der Waals surface area contributed by atoms with Gasteiger partial charge in [0.2, 0.25) is 12.3 Å². The van der Waals surface area contributed by atoms with Gasteiger partial charge < -0.3 is 5.73 Å². The average molecular weight is 252 g/mol. The fraction of sp³-hybridized carbons (Fsp3) is 0.615. The van der Waals surface area contributed by atoms with Crippen molar-refractivity contribution in [1.82, 2.24) is 4.90 Å². The van der Waals surface area contributed by atoms with Crippen molar-refractivity contribution in [3.05, 3.63) is 12.2 Å². The molecule has 5 nitrogen and oxygen atoms in total. The monoisotopic (exact) mass is 252 g/mol. The Morgan fingerprint density at radius 1 is 1.28 bits per heavy atom. The van der Waals surface area contributed by atoms with Gasteiger partial charge in [-0.1, -0.05) is 6.08 Å². The Hall–Kier alpha value is -1.65. The van der Waals surface area contributed by atoms with Crippen LogP contribution in [0, 0.1) is 11.8 Å². The molecule has 1 fully saturated rings. The lowest BCUT2D eigenvalue weighted by atomic mass is 9.81. The Labute approximate surface area is 107 Å². The van der Waals surface area contributed by atoms with E-state index in [9.17, 15) is 14.4 Å². The molecule has 100 valence electrons. The van der Waals surface area contributed by atoms with Gasteiger partial charge in [0.05, 0.1) is 0 Å². The SMILES string of the molecule is C/C=C\C(=O)N(C=O)CC1CCC(C(N)=O)CC1. The third kappa shape index (κ3) is 3.98. The first kappa shape index (κ1) is 14.4. The first-order chi connectivity index (χ1) is 8.58. The molecule has 18 heavy (non-hydrogen) atoms. The van der Waals surface area contributed by atoms with Crippen molar-refractivity contribution in [3.63, 3.8) is 0 Å². The molecule has 0 aromatic rings. The second kappa shape index (κ2) is 6.93. The van der Waals surface area contributed by atoms with Gasteiger partial charge in [0, 0.05) is 12.5 Å². The highest BCUT2D eigenvalue weighted by Gasteiger charge is 2.26. The molecule has 0 aromatic heterocycles. The second-order valence-electron chi connectivity index (χ2n) is 4.72. The Morgan fingerprint density at radius 2 is 1.89 bits per heavy atom. The summed E-state index contributed by atoms with van der Waals surface area (Å²) in [6.07, 6.45) is 6.74. The summed E-state index contributed by atoms with van der Waals surface area (Å²) < 4.78 is 0. The van der Waals surface area contributed by atoms with Crippen LogP contribution in [0.1, 0.15) is 32.6 Å². The fourth-order valence-electron chi connectivity index (χ4n) is 2.33. The number of rotatable bonds is 5. The number of amides is 3. The van der Waals surface area contributed by atoms with Crippen LogP contribution >= 0.6 is 0 Å². The zero-order valence-electron chi connectivity index (χ0n) is 10.7. The highest BCUT2D eigenvalue weighted by atomic mass is 16.2. The largest absolute Gasteiger partial charge is 0.369 e. The summed E-state index contributed by atoms with van der Waals surface area (Å²) >= 11 is 0. The van der Waals surface area contributed by atoms with E-state index < -0.39 is 0 Å². The number of carbonyl (C=O) groups excluding carboxylic acids is 3. The molecule has 0 aromatic carbocycles. The van der Waals surface area contributed by atoms with Crippen LogP contribution in [-0.2, 0) is 14.4 Å². The molecule has 1 aliphatic rings. The molecule has 0 radical (unpaired) electrons. The highest BCUT2D eigenvalue weighted by molar-refractivity contribution is 5.94. The number of nitrogens with zero attached hydrogens (tertiary/aromatic N) is 1. The molecule has 3 amide bonds. The lowest BCUT2D eigenvalue weighted by molar-refractivity contribution is -0.135. The van der Waals surface area contributed by atoms with Gasteiger partial charge in [0.15, 0.2) is 0 Å². The summed E-state index contributed by atoms with van der Waals surface area (Å²) in [4.78, 5) is 34.6. The molecular formula is C13H20N2O3. The summed E-state index contributed by atoms with van der Waals surface area (Å²) in [6.45, 7) is 2.16. The van der Waals surface area contributed by atoms with E-state index in [2.05, 4.69) is 0 Å². The minimum Gasteiger partial charge on any atom is -0.369 e. The minimum absolute atomic E-state index is 0.0443. The maximum atomic E-state index is 11.6. The maximum absolute atomic E-state index is 11.6. The van der Waals surface area contributed by atoms with Crippen LogP contribution in [0.2, 0.25) is 0 Å². The number of hydrogen-bond acceptors (Lipinski definition) is 3. The van der Waals surface area contributed by atoms with Crippen LogP contribution < -0.4 is 5.73 Å². The zero-order chi connectivity index (χ0) is 13.5. The van der Waals surface area contributed by atoms with Crippen LogP contribution in [0.15, 0.2) is 12.2 Å². The average Bonchev–Trinajstić information content (AvgIpc) is 2.36. The quantitative estimate of drug-likeness (QED) is 0.581. The van der Waals surface area contributed by atoms with Crippen molar-refractivity contribution < 1.29 is 14.4 Å². The van der Waals surface area contributed by atoms with E-state index in [1.807, 2.05) is 0 Å². The van der Waals surface area contributed by atoms with E-state index >= 15 is 0 Å². The Morgan fingerprint density at radius 3 is 2.33 bits per heavy atom. The molecule has 0 heterocycles. The van der Waals surface area contributed by atoms with Crippen LogP contribution in [0.25, 0.3) is 0 Å². The van der Waals surface area contributed by atoms with E-state index in [0.29, 0.717) is 13.0 Å². The van der Waals surface area contributed by atoms with Gasteiger partial charge in [-0.15, -0.1) is 0 Å². The van der Waals surface area contributed by atoms with Gasteiger partial charge in [0.25, 0.3) is 5.91 Å². The van der Waals surface area contributed by atoms with Crippen molar-refractivity contribution in [1.29, 1.82) is 0 Å². The molecule has 1 saturated carbocycles. The molecule has 5 heteroatoms. The van der Waals surface area contributed by atoms with Crippen LogP contribution in [0.3, 0.4) is 0 Å².